The van der Waals surface area contributed by atoms with Gasteiger partial charge in [0.2, 0.25) is 0 Å². The van der Waals surface area contributed by atoms with Crippen molar-refractivity contribution in [2.75, 3.05) is 6.54 Å². The lowest BCUT2D eigenvalue weighted by Crippen LogP contribution is -2.34. The minimum atomic E-state index is -3.08. The quantitative estimate of drug-likeness (QED) is 0.863. The van der Waals surface area contributed by atoms with Crippen LogP contribution in [0.5, 0.6) is 0 Å². The van der Waals surface area contributed by atoms with Gasteiger partial charge in [-0.15, -0.1) is 0 Å². The molecule has 5 heteroatoms. The highest BCUT2D eigenvalue weighted by Crippen LogP contribution is 2.29. The first-order chi connectivity index (χ1) is 8.43. The Morgan fingerprint density at radius 2 is 1.83 bits per heavy atom. The maximum Gasteiger partial charge on any atom is 0.157 e. The van der Waals surface area contributed by atoms with Gasteiger partial charge >= 0.3 is 0 Å². The van der Waals surface area contributed by atoms with E-state index in [4.69, 9.17) is 11.6 Å². The molecule has 1 aliphatic rings. The highest BCUT2D eigenvalue weighted by Gasteiger charge is 2.36. The predicted molar refractivity (Wildman–Crippen MR) is 74.7 cm³/mol. The van der Waals surface area contributed by atoms with Crippen LogP contribution in [0.3, 0.4) is 0 Å². The van der Waals surface area contributed by atoms with Crippen molar-refractivity contribution >= 4 is 21.4 Å². The highest BCUT2D eigenvalue weighted by atomic mass is 35.5. The zero-order chi connectivity index (χ0) is 13.3. The van der Waals surface area contributed by atoms with Gasteiger partial charge in [0.25, 0.3) is 0 Å². The molecule has 3 nitrogen and oxygen atoms in total. The van der Waals surface area contributed by atoms with Gasteiger partial charge in [0.15, 0.2) is 9.84 Å². The Hall–Kier alpha value is -0.580. The van der Waals surface area contributed by atoms with Crippen LogP contribution in [-0.2, 0) is 9.84 Å². The summed E-state index contributed by atoms with van der Waals surface area (Å²) in [7, 11) is -3.08. The number of hydrogen-bond acceptors (Lipinski definition) is 3. The first kappa shape index (κ1) is 13.8. The summed E-state index contributed by atoms with van der Waals surface area (Å²) >= 11 is 5.86. The van der Waals surface area contributed by atoms with E-state index in [2.05, 4.69) is 5.32 Å². The molecule has 1 N–H and O–H groups in total. The second-order valence-electron chi connectivity index (χ2n) is 4.88. The fourth-order valence-electron chi connectivity index (χ4n) is 2.39. The van der Waals surface area contributed by atoms with Crippen molar-refractivity contribution in [1.82, 2.24) is 5.32 Å². The van der Waals surface area contributed by atoms with Crippen LogP contribution in [0.2, 0.25) is 5.02 Å². The predicted octanol–water partition coefficient (Wildman–Crippen LogP) is 2.57. The Balaban J connectivity index is 2.35. The Labute approximate surface area is 113 Å². The molecular weight excluding hydrogens is 270 g/mol. The molecule has 1 saturated heterocycles. The summed E-state index contributed by atoms with van der Waals surface area (Å²) in [5.41, 5.74) is 0.976. The summed E-state index contributed by atoms with van der Waals surface area (Å²) in [6, 6.07) is 7.22. The molecular formula is C13H18ClNO2S. The summed E-state index contributed by atoms with van der Waals surface area (Å²) in [6.07, 6.45) is 0.663. The Kier molecular flexibility index (Phi) is 3.99. The lowest BCUT2D eigenvalue weighted by atomic mass is 10.0. The van der Waals surface area contributed by atoms with Crippen molar-refractivity contribution in [3.05, 3.63) is 34.9 Å². The molecule has 3 atom stereocenters. The van der Waals surface area contributed by atoms with E-state index >= 15 is 0 Å². The van der Waals surface area contributed by atoms with Gasteiger partial charge in [0, 0.05) is 11.1 Å². The van der Waals surface area contributed by atoms with E-state index in [1.54, 1.807) is 26.0 Å². The molecule has 0 bridgehead atoms. The molecule has 0 saturated carbocycles. The summed E-state index contributed by atoms with van der Waals surface area (Å²) in [5.74, 6) is 0. The molecule has 100 valence electrons. The fourth-order valence-corrected chi connectivity index (χ4v) is 4.33. The van der Waals surface area contributed by atoms with E-state index in [0.29, 0.717) is 11.4 Å². The molecule has 1 aromatic rings. The molecule has 1 heterocycles. The monoisotopic (exact) mass is 287 g/mol. The van der Waals surface area contributed by atoms with Gasteiger partial charge in [0.1, 0.15) is 0 Å². The Morgan fingerprint density at radius 1 is 1.22 bits per heavy atom. The minimum Gasteiger partial charge on any atom is -0.309 e. The van der Waals surface area contributed by atoms with Crippen LogP contribution >= 0.6 is 11.6 Å². The number of rotatable bonds is 1. The van der Waals surface area contributed by atoms with Crippen LogP contribution in [0.25, 0.3) is 0 Å². The lowest BCUT2D eigenvalue weighted by molar-refractivity contribution is 0.520. The van der Waals surface area contributed by atoms with Gasteiger partial charge < -0.3 is 5.32 Å². The van der Waals surface area contributed by atoms with Crippen LogP contribution in [-0.4, -0.2) is 25.5 Å². The number of nitrogens with one attached hydrogen (secondary N) is 1. The maximum absolute atomic E-state index is 12.3. The topological polar surface area (TPSA) is 46.2 Å². The van der Waals surface area contributed by atoms with Crippen LogP contribution in [0.1, 0.15) is 31.9 Å². The molecule has 3 unspecified atom stereocenters. The summed E-state index contributed by atoms with van der Waals surface area (Å²) in [5, 5.41) is 3.29. The van der Waals surface area contributed by atoms with Gasteiger partial charge in [-0.25, -0.2) is 8.42 Å². The molecule has 0 aromatic heterocycles. The van der Waals surface area contributed by atoms with E-state index in [0.717, 1.165) is 12.1 Å². The third kappa shape index (κ3) is 2.56. The van der Waals surface area contributed by atoms with E-state index in [9.17, 15) is 8.42 Å². The van der Waals surface area contributed by atoms with Crippen LogP contribution in [0.4, 0.5) is 0 Å². The number of halogens is 1. The molecule has 1 fully saturated rings. The average molecular weight is 288 g/mol. The lowest BCUT2D eigenvalue weighted by Gasteiger charge is -2.23. The van der Waals surface area contributed by atoms with Crippen molar-refractivity contribution < 1.29 is 8.42 Å². The maximum atomic E-state index is 12.3. The first-order valence-electron chi connectivity index (χ1n) is 6.14. The molecule has 1 aromatic carbocycles. The third-order valence-electron chi connectivity index (χ3n) is 3.69. The van der Waals surface area contributed by atoms with Crippen LogP contribution < -0.4 is 5.32 Å². The zero-order valence-electron chi connectivity index (χ0n) is 10.6. The van der Waals surface area contributed by atoms with Gasteiger partial charge in [-0.05, 0) is 44.5 Å². The number of hydrogen-bond donors (Lipinski definition) is 1. The Bertz CT molecular complexity index is 512. The zero-order valence-corrected chi connectivity index (χ0v) is 12.1. The summed E-state index contributed by atoms with van der Waals surface area (Å²) < 4.78 is 24.6. The Morgan fingerprint density at radius 3 is 2.44 bits per heavy atom. The van der Waals surface area contributed by atoms with Gasteiger partial charge in [-0.3, -0.25) is 0 Å². The molecule has 0 spiro atoms. The van der Waals surface area contributed by atoms with E-state index in [1.165, 1.54) is 0 Å². The van der Waals surface area contributed by atoms with Crippen molar-refractivity contribution in [3.8, 4) is 0 Å². The van der Waals surface area contributed by atoms with Crippen molar-refractivity contribution in [2.24, 2.45) is 0 Å². The second kappa shape index (κ2) is 5.19. The standard InChI is InChI=1S/C13H18ClNO2S/c1-9-7-8-15-13(10(2)18(9,16)17)11-3-5-12(14)6-4-11/h3-6,9-10,13,15H,7-8H2,1-2H3. The van der Waals surface area contributed by atoms with Crippen molar-refractivity contribution in [1.29, 1.82) is 0 Å². The largest absolute Gasteiger partial charge is 0.309 e. The molecule has 1 aliphatic heterocycles. The van der Waals surface area contributed by atoms with Gasteiger partial charge in [-0.2, -0.15) is 0 Å². The van der Waals surface area contributed by atoms with Gasteiger partial charge in [-0.1, -0.05) is 23.7 Å². The van der Waals surface area contributed by atoms with Crippen LogP contribution in [0.15, 0.2) is 24.3 Å². The molecule has 0 aliphatic carbocycles. The molecule has 0 amide bonds. The molecule has 2 rings (SSSR count). The SMILES string of the molecule is CC1CCNC(c2ccc(Cl)cc2)C(C)S1(=O)=O. The fraction of sp³-hybridized carbons (Fsp3) is 0.538. The normalized spacial score (nSPS) is 31.8. The van der Waals surface area contributed by atoms with Crippen molar-refractivity contribution in [2.45, 2.75) is 36.8 Å². The first-order valence-corrected chi connectivity index (χ1v) is 8.13. The van der Waals surface area contributed by atoms with E-state index < -0.39 is 15.1 Å². The van der Waals surface area contributed by atoms with E-state index in [1.807, 2.05) is 12.1 Å². The summed E-state index contributed by atoms with van der Waals surface area (Å²) in [6.45, 7) is 4.29. The smallest absolute Gasteiger partial charge is 0.157 e. The highest BCUT2D eigenvalue weighted by molar-refractivity contribution is 7.92. The number of sulfone groups is 1. The number of benzene rings is 1. The average Bonchev–Trinajstić information content (AvgIpc) is 2.43. The third-order valence-corrected chi connectivity index (χ3v) is 6.61. The summed E-state index contributed by atoms with van der Waals surface area (Å²) in [4.78, 5) is 0. The van der Waals surface area contributed by atoms with Crippen LogP contribution in [0, 0.1) is 0 Å². The van der Waals surface area contributed by atoms with E-state index in [-0.39, 0.29) is 11.3 Å². The van der Waals surface area contributed by atoms with Gasteiger partial charge in [0.05, 0.1) is 10.5 Å². The minimum absolute atomic E-state index is 0.155. The second-order valence-corrected chi connectivity index (χ2v) is 8.04. The van der Waals surface area contributed by atoms with Crippen molar-refractivity contribution in [3.63, 3.8) is 0 Å². The molecule has 0 radical (unpaired) electrons. The molecule has 18 heavy (non-hydrogen) atoms.